The van der Waals surface area contributed by atoms with Gasteiger partial charge in [-0.1, -0.05) is 42.0 Å². The third kappa shape index (κ3) is 3.57. The number of hydrogen-bond acceptors (Lipinski definition) is 6. The van der Waals surface area contributed by atoms with E-state index in [1.807, 2.05) is 24.3 Å². The van der Waals surface area contributed by atoms with Crippen LogP contribution in [0.15, 0.2) is 59.3 Å². The molecule has 2 aromatic carbocycles. The quantitative estimate of drug-likeness (QED) is 0.554. The molecule has 1 atom stereocenters. The second-order valence-electron chi connectivity index (χ2n) is 7.45. The minimum atomic E-state index is 0.230. The minimum Gasteiger partial charge on any atom is -0.450 e. The molecular formula is C23H24N4O2. The Morgan fingerprint density at radius 1 is 1.03 bits per heavy atom. The van der Waals surface area contributed by atoms with Crippen molar-refractivity contribution in [3.63, 3.8) is 0 Å². The lowest BCUT2D eigenvalue weighted by Gasteiger charge is -2.35. The molecule has 1 fully saturated rings. The molecule has 0 amide bonds. The van der Waals surface area contributed by atoms with E-state index in [1.165, 1.54) is 11.1 Å². The average Bonchev–Trinajstić information content (AvgIpc) is 3.15. The van der Waals surface area contributed by atoms with Gasteiger partial charge in [0, 0.05) is 25.0 Å². The van der Waals surface area contributed by atoms with Crippen LogP contribution >= 0.6 is 0 Å². The number of rotatable bonds is 5. The lowest BCUT2D eigenvalue weighted by molar-refractivity contribution is 0.0187. The molecule has 1 saturated heterocycles. The van der Waals surface area contributed by atoms with Crippen LogP contribution in [-0.2, 0) is 4.74 Å². The van der Waals surface area contributed by atoms with Gasteiger partial charge in [-0.25, -0.2) is 9.97 Å². The first kappa shape index (κ1) is 18.1. The van der Waals surface area contributed by atoms with Crippen molar-refractivity contribution in [3.05, 3.63) is 66.0 Å². The van der Waals surface area contributed by atoms with Crippen LogP contribution in [0.2, 0.25) is 0 Å². The zero-order chi connectivity index (χ0) is 19.6. The summed E-state index contributed by atoms with van der Waals surface area (Å²) in [6.07, 6.45) is 1.60. The van der Waals surface area contributed by atoms with Gasteiger partial charge in [0.15, 0.2) is 11.4 Å². The maximum absolute atomic E-state index is 6.06. The molecule has 6 nitrogen and oxygen atoms in total. The minimum absolute atomic E-state index is 0.230. The lowest BCUT2D eigenvalue weighted by atomic mass is 10.0. The molecular weight excluding hydrogens is 364 g/mol. The summed E-state index contributed by atoms with van der Waals surface area (Å²) in [5.41, 5.74) is 4.94. The average molecular weight is 388 g/mol. The number of ether oxygens (including phenoxy) is 1. The molecule has 29 heavy (non-hydrogen) atoms. The number of para-hydroxylation sites is 1. The number of anilines is 1. The van der Waals surface area contributed by atoms with Crippen LogP contribution in [0.25, 0.3) is 22.1 Å². The number of nitrogens with zero attached hydrogens (tertiary/aromatic N) is 3. The van der Waals surface area contributed by atoms with Crippen molar-refractivity contribution in [3.8, 4) is 0 Å². The fraction of sp³-hybridized carbons (Fsp3) is 0.304. The van der Waals surface area contributed by atoms with Crippen molar-refractivity contribution in [2.75, 3.05) is 38.2 Å². The van der Waals surface area contributed by atoms with Gasteiger partial charge in [-0.05, 0) is 24.6 Å². The molecule has 148 valence electrons. The predicted molar refractivity (Wildman–Crippen MR) is 114 cm³/mol. The summed E-state index contributed by atoms with van der Waals surface area (Å²) >= 11 is 0. The molecule has 1 aliphatic rings. The van der Waals surface area contributed by atoms with E-state index in [2.05, 4.69) is 51.4 Å². The largest absolute Gasteiger partial charge is 0.450 e. The Balaban J connectivity index is 1.45. The van der Waals surface area contributed by atoms with E-state index in [-0.39, 0.29) is 6.04 Å². The molecule has 4 aromatic rings. The number of hydrogen-bond donors (Lipinski definition) is 1. The summed E-state index contributed by atoms with van der Waals surface area (Å²) in [6.45, 7) is 6.22. The third-order valence-corrected chi connectivity index (χ3v) is 5.57. The second kappa shape index (κ2) is 7.81. The fourth-order valence-electron chi connectivity index (χ4n) is 3.98. The maximum Gasteiger partial charge on any atom is 0.196 e. The van der Waals surface area contributed by atoms with Crippen LogP contribution in [0.1, 0.15) is 17.2 Å². The first-order valence-electron chi connectivity index (χ1n) is 10.0. The number of morpholine rings is 1. The van der Waals surface area contributed by atoms with E-state index < -0.39 is 0 Å². The van der Waals surface area contributed by atoms with E-state index >= 15 is 0 Å². The monoisotopic (exact) mass is 388 g/mol. The van der Waals surface area contributed by atoms with Gasteiger partial charge in [0.25, 0.3) is 0 Å². The molecule has 5 rings (SSSR count). The zero-order valence-electron chi connectivity index (χ0n) is 16.5. The highest BCUT2D eigenvalue weighted by Crippen LogP contribution is 2.31. The molecule has 1 unspecified atom stereocenters. The standard InChI is InChI=1S/C23H24N4O2/c1-16-6-8-17(9-7-16)19(27-10-12-28-13-11-27)14-24-23-22-21(25-15-26-23)18-4-2-3-5-20(18)29-22/h2-9,15,19H,10-14H2,1H3,(H,24,25,26). The summed E-state index contributed by atoms with van der Waals surface area (Å²) in [4.78, 5) is 11.4. The Kier molecular flexibility index (Phi) is 4.87. The summed E-state index contributed by atoms with van der Waals surface area (Å²) in [6, 6.07) is 17.0. The predicted octanol–water partition coefficient (Wildman–Crippen LogP) is 4.17. The summed E-state index contributed by atoms with van der Waals surface area (Å²) in [5.74, 6) is 0.733. The van der Waals surface area contributed by atoms with E-state index in [1.54, 1.807) is 6.33 Å². The molecule has 0 bridgehead atoms. The zero-order valence-corrected chi connectivity index (χ0v) is 16.5. The summed E-state index contributed by atoms with van der Waals surface area (Å²) in [7, 11) is 0. The van der Waals surface area contributed by atoms with E-state index in [0.29, 0.717) is 5.58 Å². The van der Waals surface area contributed by atoms with Gasteiger partial charge in [0.2, 0.25) is 0 Å². The van der Waals surface area contributed by atoms with Gasteiger partial charge in [-0.15, -0.1) is 0 Å². The van der Waals surface area contributed by atoms with Crippen molar-refractivity contribution in [1.82, 2.24) is 14.9 Å². The number of benzene rings is 2. The maximum atomic E-state index is 6.06. The first-order valence-corrected chi connectivity index (χ1v) is 10.0. The van der Waals surface area contributed by atoms with Gasteiger partial charge < -0.3 is 14.5 Å². The third-order valence-electron chi connectivity index (χ3n) is 5.57. The van der Waals surface area contributed by atoms with Crippen LogP contribution in [-0.4, -0.2) is 47.7 Å². The number of nitrogens with one attached hydrogen (secondary N) is 1. The highest BCUT2D eigenvalue weighted by molar-refractivity contribution is 6.05. The smallest absolute Gasteiger partial charge is 0.196 e. The molecule has 0 spiro atoms. The number of fused-ring (bicyclic) bond motifs is 3. The van der Waals surface area contributed by atoms with Gasteiger partial charge in [-0.3, -0.25) is 4.90 Å². The Morgan fingerprint density at radius 2 is 1.83 bits per heavy atom. The van der Waals surface area contributed by atoms with E-state index in [0.717, 1.165) is 55.2 Å². The molecule has 6 heteroatoms. The Labute approximate surface area is 169 Å². The van der Waals surface area contributed by atoms with Crippen molar-refractivity contribution in [2.24, 2.45) is 0 Å². The van der Waals surface area contributed by atoms with E-state index in [9.17, 15) is 0 Å². The van der Waals surface area contributed by atoms with Crippen LogP contribution in [0.3, 0.4) is 0 Å². The Hall–Kier alpha value is -2.96. The van der Waals surface area contributed by atoms with Crippen LogP contribution in [0, 0.1) is 6.92 Å². The fourth-order valence-corrected chi connectivity index (χ4v) is 3.98. The van der Waals surface area contributed by atoms with Crippen LogP contribution in [0.4, 0.5) is 5.82 Å². The molecule has 3 heterocycles. The van der Waals surface area contributed by atoms with Gasteiger partial charge in [0.05, 0.1) is 19.3 Å². The summed E-state index contributed by atoms with van der Waals surface area (Å²) < 4.78 is 11.6. The van der Waals surface area contributed by atoms with Crippen molar-refractivity contribution in [2.45, 2.75) is 13.0 Å². The molecule has 2 aromatic heterocycles. The SMILES string of the molecule is Cc1ccc(C(CNc2ncnc3c2oc2ccccc23)N2CCOCC2)cc1. The highest BCUT2D eigenvalue weighted by Gasteiger charge is 2.23. The second-order valence-corrected chi connectivity index (χ2v) is 7.45. The molecule has 0 aliphatic carbocycles. The van der Waals surface area contributed by atoms with E-state index in [4.69, 9.17) is 9.15 Å². The van der Waals surface area contributed by atoms with Gasteiger partial charge in [-0.2, -0.15) is 0 Å². The Morgan fingerprint density at radius 3 is 2.66 bits per heavy atom. The molecule has 1 N–H and O–H groups in total. The molecule has 1 aliphatic heterocycles. The lowest BCUT2D eigenvalue weighted by Crippen LogP contribution is -2.41. The first-order chi connectivity index (χ1) is 14.3. The van der Waals surface area contributed by atoms with Crippen molar-refractivity contribution in [1.29, 1.82) is 0 Å². The number of aryl methyl sites for hydroxylation is 1. The summed E-state index contributed by atoms with van der Waals surface area (Å²) in [5, 5.41) is 4.54. The molecule has 0 saturated carbocycles. The topological polar surface area (TPSA) is 63.4 Å². The number of furan rings is 1. The van der Waals surface area contributed by atoms with Crippen molar-refractivity contribution < 1.29 is 9.15 Å². The van der Waals surface area contributed by atoms with Crippen LogP contribution < -0.4 is 5.32 Å². The van der Waals surface area contributed by atoms with Gasteiger partial charge >= 0.3 is 0 Å². The normalized spacial score (nSPS) is 16.3. The Bertz CT molecular complexity index is 1120. The molecule has 0 radical (unpaired) electrons. The van der Waals surface area contributed by atoms with Crippen molar-refractivity contribution >= 4 is 27.9 Å². The number of aromatic nitrogens is 2. The van der Waals surface area contributed by atoms with Crippen LogP contribution in [0.5, 0.6) is 0 Å². The highest BCUT2D eigenvalue weighted by atomic mass is 16.5. The van der Waals surface area contributed by atoms with Gasteiger partial charge in [0.1, 0.15) is 17.4 Å².